The van der Waals surface area contributed by atoms with Gasteiger partial charge in [0.25, 0.3) is 0 Å². The number of benzene rings is 1. The molecule has 1 N–H and O–H groups in total. The molecule has 6 nitrogen and oxygen atoms in total. The summed E-state index contributed by atoms with van der Waals surface area (Å²) in [5.74, 6) is -0.00393. The van der Waals surface area contributed by atoms with E-state index in [-0.39, 0.29) is 16.8 Å². The van der Waals surface area contributed by atoms with Crippen LogP contribution in [0.3, 0.4) is 0 Å². The number of hydrogen-bond acceptors (Lipinski definition) is 5. The van der Waals surface area contributed by atoms with Crippen LogP contribution in [0.25, 0.3) is 0 Å². The van der Waals surface area contributed by atoms with Crippen molar-refractivity contribution in [3.05, 3.63) is 50.4 Å². The lowest BCUT2D eigenvalue weighted by Gasteiger charge is -2.08. The minimum atomic E-state index is -0.596. The van der Waals surface area contributed by atoms with Crippen molar-refractivity contribution in [1.82, 2.24) is 9.97 Å². The van der Waals surface area contributed by atoms with Crippen LogP contribution in [0.5, 0.6) is 0 Å². The van der Waals surface area contributed by atoms with Gasteiger partial charge in [0.15, 0.2) is 0 Å². The largest absolute Gasteiger partial charge is 0.333 e. The Labute approximate surface area is 118 Å². The highest BCUT2D eigenvalue weighted by Gasteiger charge is 2.17. The lowest BCUT2D eigenvalue weighted by Crippen LogP contribution is -2.01. The Balaban J connectivity index is 2.42. The van der Waals surface area contributed by atoms with Crippen molar-refractivity contribution in [2.75, 3.05) is 5.32 Å². The zero-order valence-electron chi connectivity index (χ0n) is 9.72. The number of rotatable bonds is 3. The van der Waals surface area contributed by atoms with Crippen molar-refractivity contribution in [2.24, 2.45) is 0 Å². The number of halogens is 2. The van der Waals surface area contributed by atoms with Crippen molar-refractivity contribution >= 4 is 40.4 Å². The van der Waals surface area contributed by atoms with Gasteiger partial charge in [-0.2, -0.15) is 4.98 Å². The molecule has 0 aliphatic carbocycles. The normalized spacial score (nSPS) is 10.3. The van der Waals surface area contributed by atoms with Gasteiger partial charge in [-0.3, -0.25) is 10.1 Å². The van der Waals surface area contributed by atoms with Gasteiger partial charge < -0.3 is 5.32 Å². The van der Waals surface area contributed by atoms with E-state index in [9.17, 15) is 10.1 Å². The molecule has 0 spiro atoms. The molecule has 0 saturated heterocycles. The van der Waals surface area contributed by atoms with Crippen molar-refractivity contribution in [3.63, 3.8) is 0 Å². The fourth-order valence-corrected chi connectivity index (χ4v) is 1.84. The molecule has 0 aliphatic heterocycles. The molecule has 0 saturated carbocycles. The summed E-state index contributed by atoms with van der Waals surface area (Å²) in [5.41, 5.74) is 1.21. The maximum absolute atomic E-state index is 10.9. The van der Waals surface area contributed by atoms with E-state index in [1.54, 1.807) is 12.1 Å². The Morgan fingerprint density at radius 3 is 2.74 bits per heavy atom. The molecule has 0 fully saturated rings. The number of nitrogens with zero attached hydrogens (tertiary/aromatic N) is 3. The van der Waals surface area contributed by atoms with Gasteiger partial charge in [0, 0.05) is 0 Å². The number of aromatic nitrogens is 2. The van der Waals surface area contributed by atoms with Crippen LogP contribution in [0.2, 0.25) is 10.3 Å². The van der Waals surface area contributed by atoms with Gasteiger partial charge in [-0.05, 0) is 36.2 Å². The van der Waals surface area contributed by atoms with Gasteiger partial charge in [-0.25, -0.2) is 4.98 Å². The monoisotopic (exact) mass is 298 g/mol. The molecule has 0 aliphatic rings. The molecule has 0 unspecified atom stereocenters. The van der Waals surface area contributed by atoms with E-state index in [1.807, 2.05) is 13.0 Å². The van der Waals surface area contributed by atoms with Gasteiger partial charge in [0.05, 0.1) is 15.6 Å². The highest BCUT2D eigenvalue weighted by Crippen LogP contribution is 2.30. The van der Waals surface area contributed by atoms with E-state index in [0.717, 1.165) is 11.8 Å². The van der Waals surface area contributed by atoms with Gasteiger partial charge >= 0.3 is 5.69 Å². The Morgan fingerprint density at radius 1 is 1.37 bits per heavy atom. The maximum atomic E-state index is 10.9. The van der Waals surface area contributed by atoms with E-state index in [4.69, 9.17) is 23.2 Å². The van der Waals surface area contributed by atoms with Crippen molar-refractivity contribution in [1.29, 1.82) is 0 Å². The molecule has 8 heteroatoms. The first-order valence-corrected chi connectivity index (χ1v) is 5.93. The third-order valence-corrected chi connectivity index (χ3v) is 2.81. The second-order valence-electron chi connectivity index (χ2n) is 3.74. The number of nitro groups is 1. The number of anilines is 2. The molecule has 1 heterocycles. The predicted molar refractivity (Wildman–Crippen MR) is 73.2 cm³/mol. The summed E-state index contributed by atoms with van der Waals surface area (Å²) in [5, 5.41) is 14.0. The average Bonchev–Trinajstić information content (AvgIpc) is 2.32. The lowest BCUT2D eigenvalue weighted by atomic mass is 10.2. The summed E-state index contributed by atoms with van der Waals surface area (Å²) in [6, 6.07) is 5.26. The van der Waals surface area contributed by atoms with Gasteiger partial charge in [-0.15, -0.1) is 0 Å². The molecule has 0 bridgehead atoms. The van der Waals surface area contributed by atoms with Crippen LogP contribution in [0.15, 0.2) is 24.4 Å². The second kappa shape index (κ2) is 5.38. The van der Waals surface area contributed by atoms with Gasteiger partial charge in [0.1, 0.15) is 6.20 Å². The molecule has 19 heavy (non-hydrogen) atoms. The van der Waals surface area contributed by atoms with Crippen LogP contribution in [0.1, 0.15) is 5.56 Å². The van der Waals surface area contributed by atoms with E-state index in [2.05, 4.69) is 15.3 Å². The lowest BCUT2D eigenvalue weighted by molar-refractivity contribution is -0.384. The number of hydrogen-bond donors (Lipinski definition) is 1. The first kappa shape index (κ1) is 13.5. The quantitative estimate of drug-likeness (QED) is 0.530. The molecule has 0 radical (unpaired) electrons. The van der Waals surface area contributed by atoms with Gasteiger partial charge in [-0.1, -0.05) is 17.7 Å². The Morgan fingerprint density at radius 2 is 2.11 bits per heavy atom. The Hall–Kier alpha value is -1.92. The average molecular weight is 299 g/mol. The van der Waals surface area contributed by atoms with Crippen LogP contribution < -0.4 is 5.32 Å². The molecule has 2 aromatic rings. The third-order valence-electron chi connectivity index (χ3n) is 2.31. The van der Waals surface area contributed by atoms with Crippen molar-refractivity contribution in [3.8, 4) is 0 Å². The van der Waals surface area contributed by atoms with Crippen LogP contribution in [0, 0.1) is 17.0 Å². The second-order valence-corrected chi connectivity index (χ2v) is 4.48. The van der Waals surface area contributed by atoms with Crippen LogP contribution in [-0.4, -0.2) is 14.9 Å². The van der Waals surface area contributed by atoms with Crippen LogP contribution in [0.4, 0.5) is 17.2 Å². The molecule has 1 aromatic carbocycles. The number of aryl methyl sites for hydroxylation is 1. The fourth-order valence-electron chi connectivity index (χ4n) is 1.43. The van der Waals surface area contributed by atoms with E-state index in [1.165, 1.54) is 0 Å². The smallest absolute Gasteiger partial charge is 0.329 e. The molecule has 0 atom stereocenters. The number of nitrogens with one attached hydrogen (secondary N) is 1. The molecular formula is C11H8Cl2N4O2. The standard InChI is InChI=1S/C11H8Cl2N4O2/c1-6-2-3-8(7(12)4-6)15-10-9(17(18)19)5-14-11(13)16-10/h2-5H,1H3,(H,14,15,16). The summed E-state index contributed by atoms with van der Waals surface area (Å²) in [4.78, 5) is 17.7. The minimum absolute atomic E-state index is 0.00393. The summed E-state index contributed by atoms with van der Waals surface area (Å²) >= 11 is 11.7. The highest BCUT2D eigenvalue weighted by atomic mass is 35.5. The fraction of sp³-hybridized carbons (Fsp3) is 0.0909. The summed E-state index contributed by atoms with van der Waals surface area (Å²) in [7, 11) is 0. The maximum Gasteiger partial charge on any atom is 0.329 e. The molecule has 2 rings (SSSR count). The Kier molecular flexibility index (Phi) is 3.82. The van der Waals surface area contributed by atoms with Crippen molar-refractivity contribution < 1.29 is 4.92 Å². The third kappa shape index (κ3) is 3.10. The Bertz CT molecular complexity index is 649. The summed E-state index contributed by atoms with van der Waals surface area (Å²) < 4.78 is 0. The highest BCUT2D eigenvalue weighted by molar-refractivity contribution is 6.33. The summed E-state index contributed by atoms with van der Waals surface area (Å²) in [6.07, 6.45) is 1.04. The predicted octanol–water partition coefficient (Wildman–Crippen LogP) is 3.74. The van der Waals surface area contributed by atoms with E-state index >= 15 is 0 Å². The van der Waals surface area contributed by atoms with E-state index < -0.39 is 4.92 Å². The van der Waals surface area contributed by atoms with Crippen LogP contribution in [-0.2, 0) is 0 Å². The van der Waals surface area contributed by atoms with E-state index in [0.29, 0.717) is 10.7 Å². The topological polar surface area (TPSA) is 81.0 Å². The van der Waals surface area contributed by atoms with Crippen LogP contribution >= 0.6 is 23.2 Å². The molecule has 98 valence electrons. The van der Waals surface area contributed by atoms with Crippen molar-refractivity contribution in [2.45, 2.75) is 6.92 Å². The first-order chi connectivity index (χ1) is 8.97. The molecular weight excluding hydrogens is 291 g/mol. The zero-order valence-corrected chi connectivity index (χ0v) is 11.2. The summed E-state index contributed by atoms with van der Waals surface area (Å²) in [6.45, 7) is 1.89. The van der Waals surface area contributed by atoms with Gasteiger partial charge in [0.2, 0.25) is 11.1 Å². The minimum Gasteiger partial charge on any atom is -0.333 e. The SMILES string of the molecule is Cc1ccc(Nc2nc(Cl)ncc2[N+](=O)[O-])c(Cl)c1. The molecule has 0 amide bonds. The zero-order chi connectivity index (χ0) is 14.0. The molecule has 1 aromatic heterocycles. The first-order valence-electron chi connectivity index (χ1n) is 5.17.